The van der Waals surface area contributed by atoms with Gasteiger partial charge in [0.1, 0.15) is 12.1 Å². The van der Waals surface area contributed by atoms with E-state index in [0.717, 1.165) is 0 Å². The van der Waals surface area contributed by atoms with E-state index in [2.05, 4.69) is 0 Å². The number of rotatable bonds is 4. The predicted octanol–water partition coefficient (Wildman–Crippen LogP) is 0.915. The third-order valence-corrected chi connectivity index (χ3v) is 6.58. The maximum atomic E-state index is 12.8. The Labute approximate surface area is 140 Å². The van der Waals surface area contributed by atoms with E-state index in [9.17, 15) is 23.1 Å². The lowest BCUT2D eigenvalue weighted by atomic mass is 10.1. The van der Waals surface area contributed by atoms with Crippen LogP contribution in [0.5, 0.6) is 0 Å². The number of amides is 1. The van der Waals surface area contributed by atoms with Crippen molar-refractivity contribution >= 4 is 21.9 Å². The number of hydrogen-bond donors (Lipinski definition) is 1. The van der Waals surface area contributed by atoms with Crippen LogP contribution >= 0.6 is 0 Å². The monoisotopic (exact) mass is 352 g/mol. The molecule has 2 aliphatic heterocycles. The van der Waals surface area contributed by atoms with E-state index >= 15 is 0 Å². The van der Waals surface area contributed by atoms with Crippen molar-refractivity contribution in [1.82, 2.24) is 9.21 Å². The number of hydrogen-bond acceptors (Lipinski definition) is 4. The van der Waals surface area contributed by atoms with Crippen LogP contribution in [0.2, 0.25) is 0 Å². The van der Waals surface area contributed by atoms with E-state index in [1.165, 1.54) is 21.3 Å². The Bertz CT molecular complexity index is 734. The van der Waals surface area contributed by atoms with Crippen LogP contribution < -0.4 is 0 Å². The molecule has 0 unspecified atom stereocenters. The summed E-state index contributed by atoms with van der Waals surface area (Å²) in [6, 6.07) is 6.36. The van der Waals surface area contributed by atoms with Crippen LogP contribution in [0.3, 0.4) is 0 Å². The molecule has 130 valence electrons. The summed E-state index contributed by atoms with van der Waals surface area (Å²) in [5, 5.41) is 9.25. The van der Waals surface area contributed by atoms with Gasteiger partial charge in [-0.25, -0.2) is 13.2 Å². The lowest BCUT2D eigenvalue weighted by molar-refractivity contribution is -0.149. The number of likely N-dealkylation sites (tertiary alicyclic amines) is 1. The molecule has 0 saturated carbocycles. The molecule has 1 N–H and O–H groups in total. The van der Waals surface area contributed by atoms with Gasteiger partial charge in [0.15, 0.2) is 0 Å². The summed E-state index contributed by atoms with van der Waals surface area (Å²) in [4.78, 5) is 25.6. The number of carboxylic acid groups (broad SMARTS) is 1. The van der Waals surface area contributed by atoms with Crippen LogP contribution in [0.15, 0.2) is 35.2 Å². The second-order valence-electron chi connectivity index (χ2n) is 6.11. The SMILES string of the molecule is O=C(O)[C@@H]1CCCN1C(=O)[C@@H]1CCCN1S(=O)(=O)c1ccccc1. The maximum absolute atomic E-state index is 12.8. The topological polar surface area (TPSA) is 95.0 Å². The zero-order valence-electron chi connectivity index (χ0n) is 13.2. The first-order valence-electron chi connectivity index (χ1n) is 8.03. The maximum Gasteiger partial charge on any atom is 0.326 e. The lowest BCUT2D eigenvalue weighted by Gasteiger charge is -2.29. The van der Waals surface area contributed by atoms with Crippen LogP contribution in [0, 0.1) is 0 Å². The highest BCUT2D eigenvalue weighted by Crippen LogP contribution is 2.29. The standard InChI is InChI=1S/C16H20N2O5S/c19-15(17-10-4-9-14(17)16(20)21)13-8-5-11-18(13)24(22,23)12-6-2-1-3-7-12/h1-3,6-7,13-14H,4-5,8-11H2,(H,20,21)/t13-,14-/m0/s1. The summed E-state index contributed by atoms with van der Waals surface area (Å²) in [6.07, 6.45) is 2.06. The van der Waals surface area contributed by atoms with Crippen LogP contribution in [0.4, 0.5) is 0 Å². The van der Waals surface area contributed by atoms with Crippen molar-refractivity contribution in [1.29, 1.82) is 0 Å². The molecule has 7 nitrogen and oxygen atoms in total. The molecule has 24 heavy (non-hydrogen) atoms. The molecule has 1 amide bonds. The number of sulfonamides is 1. The van der Waals surface area contributed by atoms with E-state index in [1.807, 2.05) is 0 Å². The van der Waals surface area contributed by atoms with Crippen molar-refractivity contribution in [2.24, 2.45) is 0 Å². The number of benzene rings is 1. The van der Waals surface area contributed by atoms with Gasteiger partial charge >= 0.3 is 5.97 Å². The predicted molar refractivity (Wildman–Crippen MR) is 85.7 cm³/mol. The minimum Gasteiger partial charge on any atom is -0.480 e. The molecule has 2 fully saturated rings. The molecule has 0 bridgehead atoms. The number of carbonyl (C=O) groups excluding carboxylic acids is 1. The highest BCUT2D eigenvalue weighted by atomic mass is 32.2. The molecule has 0 spiro atoms. The van der Waals surface area contributed by atoms with E-state index in [1.54, 1.807) is 18.2 Å². The Hall–Kier alpha value is -1.93. The summed E-state index contributed by atoms with van der Waals surface area (Å²) >= 11 is 0. The van der Waals surface area contributed by atoms with Crippen LogP contribution in [0.25, 0.3) is 0 Å². The summed E-state index contributed by atoms with van der Waals surface area (Å²) in [7, 11) is -3.76. The zero-order chi connectivity index (χ0) is 17.3. The van der Waals surface area contributed by atoms with E-state index < -0.39 is 34.0 Å². The molecule has 2 saturated heterocycles. The Morgan fingerprint density at radius 1 is 1.00 bits per heavy atom. The van der Waals surface area contributed by atoms with Gasteiger partial charge in [-0.3, -0.25) is 4.79 Å². The number of aliphatic carboxylic acids is 1. The van der Waals surface area contributed by atoms with Gasteiger partial charge in [-0.05, 0) is 37.8 Å². The molecular weight excluding hydrogens is 332 g/mol. The normalized spacial score (nSPS) is 25.1. The Balaban J connectivity index is 1.86. The third kappa shape index (κ3) is 2.91. The van der Waals surface area contributed by atoms with Gasteiger partial charge in [0, 0.05) is 13.1 Å². The minimum atomic E-state index is -3.76. The largest absolute Gasteiger partial charge is 0.480 e. The fourth-order valence-electron chi connectivity index (χ4n) is 3.48. The van der Waals surface area contributed by atoms with Gasteiger partial charge in [0.25, 0.3) is 0 Å². The second-order valence-corrected chi connectivity index (χ2v) is 8.01. The Kier molecular flexibility index (Phi) is 4.60. The average molecular weight is 352 g/mol. The van der Waals surface area contributed by atoms with Crippen LogP contribution in [-0.2, 0) is 19.6 Å². The smallest absolute Gasteiger partial charge is 0.326 e. The van der Waals surface area contributed by atoms with Gasteiger partial charge in [-0.2, -0.15) is 4.31 Å². The number of carboxylic acids is 1. The average Bonchev–Trinajstić information content (AvgIpc) is 3.24. The number of nitrogens with zero attached hydrogens (tertiary/aromatic N) is 2. The van der Waals surface area contributed by atoms with Crippen molar-refractivity contribution in [2.75, 3.05) is 13.1 Å². The Morgan fingerprint density at radius 2 is 1.62 bits per heavy atom. The molecule has 3 rings (SSSR count). The van der Waals surface area contributed by atoms with Gasteiger partial charge in [0.2, 0.25) is 15.9 Å². The molecular formula is C16H20N2O5S. The van der Waals surface area contributed by atoms with Gasteiger partial charge < -0.3 is 10.0 Å². The van der Waals surface area contributed by atoms with E-state index in [-0.39, 0.29) is 11.4 Å². The quantitative estimate of drug-likeness (QED) is 0.869. The van der Waals surface area contributed by atoms with Crippen molar-refractivity contribution in [3.05, 3.63) is 30.3 Å². The van der Waals surface area contributed by atoms with Crippen molar-refractivity contribution in [3.8, 4) is 0 Å². The second kappa shape index (κ2) is 6.52. The fourth-order valence-corrected chi connectivity index (χ4v) is 5.15. The first kappa shape index (κ1) is 16.9. The first-order chi connectivity index (χ1) is 11.4. The molecule has 0 aromatic heterocycles. The molecule has 0 radical (unpaired) electrons. The van der Waals surface area contributed by atoms with Crippen LogP contribution in [0.1, 0.15) is 25.7 Å². The van der Waals surface area contributed by atoms with Gasteiger partial charge in [-0.1, -0.05) is 18.2 Å². The highest BCUT2D eigenvalue weighted by Gasteiger charge is 2.44. The summed E-state index contributed by atoms with van der Waals surface area (Å²) < 4.78 is 26.9. The van der Waals surface area contributed by atoms with Crippen molar-refractivity contribution < 1.29 is 23.1 Å². The number of carbonyl (C=O) groups is 2. The molecule has 2 heterocycles. The third-order valence-electron chi connectivity index (χ3n) is 4.66. The molecule has 1 aromatic carbocycles. The van der Waals surface area contributed by atoms with Gasteiger partial charge in [0.05, 0.1) is 4.90 Å². The molecule has 0 aliphatic carbocycles. The lowest BCUT2D eigenvalue weighted by Crippen LogP contribution is -2.50. The summed E-state index contributed by atoms with van der Waals surface area (Å²) in [5.41, 5.74) is 0. The van der Waals surface area contributed by atoms with E-state index in [4.69, 9.17) is 0 Å². The molecule has 2 atom stereocenters. The molecule has 1 aromatic rings. The zero-order valence-corrected chi connectivity index (χ0v) is 14.0. The minimum absolute atomic E-state index is 0.154. The van der Waals surface area contributed by atoms with Crippen LogP contribution in [-0.4, -0.2) is 59.8 Å². The van der Waals surface area contributed by atoms with Crippen molar-refractivity contribution in [3.63, 3.8) is 0 Å². The molecule has 2 aliphatic rings. The summed E-state index contributed by atoms with van der Waals surface area (Å²) in [5.74, 6) is -1.42. The van der Waals surface area contributed by atoms with Gasteiger partial charge in [-0.15, -0.1) is 0 Å². The van der Waals surface area contributed by atoms with Crippen molar-refractivity contribution in [2.45, 2.75) is 42.7 Å². The fraction of sp³-hybridized carbons (Fsp3) is 0.500. The van der Waals surface area contributed by atoms with E-state index in [0.29, 0.717) is 32.2 Å². The highest BCUT2D eigenvalue weighted by molar-refractivity contribution is 7.89. The molecule has 8 heteroatoms. The first-order valence-corrected chi connectivity index (χ1v) is 9.47. The summed E-state index contributed by atoms with van der Waals surface area (Å²) in [6.45, 7) is 0.644. The Morgan fingerprint density at radius 3 is 2.29 bits per heavy atom.